The highest BCUT2D eigenvalue weighted by Gasteiger charge is 1.93. The molecular formula is C9H10N2. The summed E-state index contributed by atoms with van der Waals surface area (Å²) in [5, 5.41) is 0. The summed E-state index contributed by atoms with van der Waals surface area (Å²) in [6.07, 6.45) is 3.49. The molecule has 0 amide bonds. The molecule has 1 aromatic rings. The summed E-state index contributed by atoms with van der Waals surface area (Å²) in [4.78, 5) is 3.94. The van der Waals surface area contributed by atoms with Crippen LogP contribution >= 0.6 is 0 Å². The van der Waals surface area contributed by atoms with E-state index in [0.29, 0.717) is 5.82 Å². The van der Waals surface area contributed by atoms with Crippen molar-refractivity contribution in [3.05, 3.63) is 35.7 Å². The highest BCUT2D eigenvalue weighted by Crippen LogP contribution is 2.09. The lowest BCUT2D eigenvalue weighted by Crippen LogP contribution is -1.91. The highest BCUT2D eigenvalue weighted by molar-refractivity contribution is 5.53. The van der Waals surface area contributed by atoms with Gasteiger partial charge < -0.3 is 5.73 Å². The van der Waals surface area contributed by atoms with Crippen LogP contribution in [0.25, 0.3) is 6.08 Å². The van der Waals surface area contributed by atoms with E-state index in [0.717, 1.165) is 11.1 Å². The van der Waals surface area contributed by atoms with Gasteiger partial charge >= 0.3 is 0 Å². The summed E-state index contributed by atoms with van der Waals surface area (Å²) in [5.74, 6) is 0.545. The number of aromatic nitrogens is 1. The maximum absolute atomic E-state index is 5.46. The summed E-state index contributed by atoms with van der Waals surface area (Å²) < 4.78 is 0. The molecule has 1 heterocycles. The Labute approximate surface area is 66.1 Å². The first kappa shape index (κ1) is 7.58. The van der Waals surface area contributed by atoms with E-state index in [9.17, 15) is 0 Å². The molecule has 0 saturated heterocycles. The molecule has 0 aliphatic heterocycles. The Morgan fingerprint density at radius 2 is 2.45 bits per heavy atom. The van der Waals surface area contributed by atoms with Crippen LogP contribution in [0.4, 0.5) is 5.82 Å². The third-order valence-electron chi connectivity index (χ3n) is 1.43. The van der Waals surface area contributed by atoms with Crippen LogP contribution in [0.2, 0.25) is 0 Å². The monoisotopic (exact) mass is 146 g/mol. The molecule has 0 unspecified atom stereocenters. The van der Waals surface area contributed by atoms with Crippen LogP contribution in [-0.2, 0) is 0 Å². The lowest BCUT2D eigenvalue weighted by molar-refractivity contribution is 1.28. The fourth-order valence-corrected chi connectivity index (χ4v) is 0.849. The van der Waals surface area contributed by atoms with Gasteiger partial charge in [-0.1, -0.05) is 6.58 Å². The van der Waals surface area contributed by atoms with Crippen LogP contribution in [-0.4, -0.2) is 4.98 Å². The number of hydrogen-bond donors (Lipinski definition) is 1. The molecule has 0 aromatic carbocycles. The molecular weight excluding hydrogens is 136 g/mol. The summed E-state index contributed by atoms with van der Waals surface area (Å²) in [7, 11) is 0. The van der Waals surface area contributed by atoms with E-state index in [1.807, 2.05) is 13.0 Å². The van der Waals surface area contributed by atoms with Crippen molar-refractivity contribution in [3.63, 3.8) is 0 Å². The van der Waals surface area contributed by atoms with Gasteiger partial charge in [0.05, 0.1) is 0 Å². The Balaban J connectivity index is 3.19. The molecule has 0 radical (unpaired) electrons. The fourth-order valence-electron chi connectivity index (χ4n) is 0.849. The quantitative estimate of drug-likeness (QED) is 0.613. The molecule has 1 rings (SSSR count). The summed E-state index contributed by atoms with van der Waals surface area (Å²) >= 11 is 0. The van der Waals surface area contributed by atoms with Crippen molar-refractivity contribution in [3.8, 4) is 0 Å². The van der Waals surface area contributed by atoms with Crippen LogP contribution in [0, 0.1) is 6.92 Å². The van der Waals surface area contributed by atoms with E-state index >= 15 is 0 Å². The normalized spacial score (nSPS) is 8.82. The van der Waals surface area contributed by atoms with Gasteiger partial charge in [0.1, 0.15) is 5.82 Å². The van der Waals surface area contributed by atoms with Crippen molar-refractivity contribution in [2.75, 3.05) is 5.73 Å². The molecule has 0 atom stereocenters. The molecule has 0 fully saturated rings. The fraction of sp³-hybridized carbons (Fsp3) is 0.111. The summed E-state index contributed by atoms with van der Waals surface area (Å²) in [5.41, 5.74) is 10.3. The van der Waals surface area contributed by atoms with Gasteiger partial charge in [-0.3, -0.25) is 0 Å². The first-order chi connectivity index (χ1) is 5.24. The van der Waals surface area contributed by atoms with E-state index in [4.69, 9.17) is 5.73 Å². The van der Waals surface area contributed by atoms with Crippen LogP contribution in [0.3, 0.4) is 0 Å². The van der Waals surface area contributed by atoms with E-state index in [1.54, 1.807) is 12.3 Å². The minimum atomic E-state index is 0.545. The standard InChI is InChI=1S/C9H10N2/c1-3-4-8-6-11-9(10)5-7(8)2/h4-6H,1H2,2H3,(H2,10,11). The molecule has 11 heavy (non-hydrogen) atoms. The molecule has 0 saturated carbocycles. The van der Waals surface area contributed by atoms with Crippen molar-refractivity contribution in [1.82, 2.24) is 4.98 Å². The van der Waals surface area contributed by atoms with Crippen LogP contribution in [0.1, 0.15) is 11.1 Å². The van der Waals surface area contributed by atoms with Crippen LogP contribution in [0.15, 0.2) is 24.6 Å². The molecule has 0 bridgehead atoms. The molecule has 0 aliphatic rings. The first-order valence-corrected chi connectivity index (χ1v) is 3.32. The second kappa shape index (κ2) is 3.04. The van der Waals surface area contributed by atoms with Crippen molar-refractivity contribution < 1.29 is 0 Å². The van der Waals surface area contributed by atoms with Crippen molar-refractivity contribution in [2.24, 2.45) is 0 Å². The minimum absolute atomic E-state index is 0.545. The highest BCUT2D eigenvalue weighted by atomic mass is 14.8. The van der Waals surface area contributed by atoms with Gasteiger partial charge in [-0.25, -0.2) is 4.98 Å². The molecule has 0 spiro atoms. The maximum Gasteiger partial charge on any atom is 0.123 e. The van der Waals surface area contributed by atoms with Gasteiger partial charge in [0.2, 0.25) is 0 Å². The van der Waals surface area contributed by atoms with E-state index in [-0.39, 0.29) is 0 Å². The molecule has 2 nitrogen and oxygen atoms in total. The average molecular weight is 146 g/mol. The van der Waals surface area contributed by atoms with Gasteiger partial charge in [0, 0.05) is 11.8 Å². The van der Waals surface area contributed by atoms with E-state index in [1.165, 1.54) is 0 Å². The zero-order valence-electron chi connectivity index (χ0n) is 6.46. The molecule has 1 aromatic heterocycles. The third-order valence-corrected chi connectivity index (χ3v) is 1.43. The third kappa shape index (κ3) is 1.69. The Morgan fingerprint density at radius 1 is 1.73 bits per heavy atom. The second-order valence-electron chi connectivity index (χ2n) is 2.31. The first-order valence-electron chi connectivity index (χ1n) is 3.32. The topological polar surface area (TPSA) is 38.9 Å². The number of nitrogens with two attached hydrogens (primary N) is 1. The van der Waals surface area contributed by atoms with Gasteiger partial charge in [-0.15, -0.1) is 5.73 Å². The molecule has 56 valence electrons. The van der Waals surface area contributed by atoms with E-state index in [2.05, 4.69) is 17.3 Å². The van der Waals surface area contributed by atoms with Gasteiger partial charge in [0.15, 0.2) is 0 Å². The molecule has 0 aliphatic carbocycles. The number of rotatable bonds is 1. The largest absolute Gasteiger partial charge is 0.384 e. The lowest BCUT2D eigenvalue weighted by Gasteiger charge is -1.98. The van der Waals surface area contributed by atoms with Crippen molar-refractivity contribution in [2.45, 2.75) is 6.92 Å². The predicted octanol–water partition coefficient (Wildman–Crippen LogP) is 1.77. The van der Waals surface area contributed by atoms with Crippen LogP contribution < -0.4 is 5.73 Å². The Bertz CT molecular complexity index is 309. The average Bonchev–Trinajstić information content (AvgIpc) is 1.95. The van der Waals surface area contributed by atoms with Gasteiger partial charge in [-0.2, -0.15) is 0 Å². The number of nitrogen functional groups attached to an aromatic ring is 1. The number of aryl methyl sites for hydroxylation is 1. The SMILES string of the molecule is C=C=Cc1cnc(N)cc1C. The number of hydrogen-bond acceptors (Lipinski definition) is 2. The zero-order chi connectivity index (χ0) is 8.27. The number of nitrogens with zero attached hydrogens (tertiary/aromatic N) is 1. The molecule has 2 heteroatoms. The van der Waals surface area contributed by atoms with Crippen molar-refractivity contribution >= 4 is 11.9 Å². The lowest BCUT2D eigenvalue weighted by atomic mass is 10.1. The number of anilines is 1. The summed E-state index contributed by atoms with van der Waals surface area (Å²) in [6, 6.07) is 1.82. The minimum Gasteiger partial charge on any atom is -0.384 e. The Kier molecular flexibility index (Phi) is 2.09. The number of pyridine rings is 1. The Morgan fingerprint density at radius 3 is 3.00 bits per heavy atom. The van der Waals surface area contributed by atoms with Crippen LogP contribution in [0.5, 0.6) is 0 Å². The smallest absolute Gasteiger partial charge is 0.123 e. The second-order valence-corrected chi connectivity index (χ2v) is 2.31. The van der Waals surface area contributed by atoms with Gasteiger partial charge in [0.25, 0.3) is 0 Å². The van der Waals surface area contributed by atoms with Gasteiger partial charge in [-0.05, 0) is 24.6 Å². The van der Waals surface area contributed by atoms with E-state index < -0.39 is 0 Å². The Hall–Kier alpha value is -1.53. The zero-order valence-corrected chi connectivity index (χ0v) is 6.46. The predicted molar refractivity (Wildman–Crippen MR) is 47.0 cm³/mol. The maximum atomic E-state index is 5.46. The van der Waals surface area contributed by atoms with Crippen molar-refractivity contribution in [1.29, 1.82) is 0 Å². The summed E-state index contributed by atoms with van der Waals surface area (Å²) in [6.45, 7) is 5.45. The molecule has 2 N–H and O–H groups in total.